The molecule has 2 aliphatic rings. The summed E-state index contributed by atoms with van der Waals surface area (Å²) in [5, 5.41) is 8.72. The lowest BCUT2D eigenvalue weighted by atomic mass is 9.82. The number of rotatable bonds is 3. The lowest BCUT2D eigenvalue weighted by Gasteiger charge is -2.52. The number of oxazole rings is 1. The summed E-state index contributed by atoms with van der Waals surface area (Å²) in [4.78, 5) is 23.0. The van der Waals surface area contributed by atoms with Crippen LogP contribution in [0.4, 0.5) is 10.4 Å². The van der Waals surface area contributed by atoms with Gasteiger partial charge in [-0.25, -0.2) is 4.39 Å². The Kier molecular flexibility index (Phi) is 4.39. The third kappa shape index (κ3) is 3.03. The molecule has 4 heterocycles. The largest absolute Gasteiger partial charge is 0.423 e. The van der Waals surface area contributed by atoms with Crippen LogP contribution in [0.2, 0.25) is 5.02 Å². The third-order valence-electron chi connectivity index (χ3n) is 6.26. The minimum Gasteiger partial charge on any atom is -0.423 e. The van der Waals surface area contributed by atoms with E-state index in [9.17, 15) is 9.18 Å². The summed E-state index contributed by atoms with van der Waals surface area (Å²) >= 11 is 6.06. The first-order chi connectivity index (χ1) is 15.6. The fourth-order valence-corrected chi connectivity index (χ4v) is 4.77. The van der Waals surface area contributed by atoms with Crippen molar-refractivity contribution in [2.45, 2.75) is 12.5 Å². The van der Waals surface area contributed by atoms with Crippen LogP contribution in [-0.4, -0.2) is 56.5 Å². The Morgan fingerprint density at radius 3 is 2.84 bits per heavy atom. The molecule has 0 spiro atoms. The van der Waals surface area contributed by atoms with Crippen molar-refractivity contribution in [3.8, 4) is 5.69 Å². The molecule has 0 aliphatic carbocycles. The Bertz CT molecular complexity index is 1320. The second-order valence-corrected chi connectivity index (χ2v) is 8.52. The van der Waals surface area contributed by atoms with Crippen LogP contribution < -0.4 is 4.90 Å². The smallest absolute Gasteiger partial charge is 0.298 e. The molecule has 10 heteroatoms. The Balaban J connectivity index is 1.27. The number of amides is 1. The fraction of sp³-hybridized carbons (Fsp3) is 0.273. The van der Waals surface area contributed by atoms with Gasteiger partial charge in [-0.15, -0.1) is 0 Å². The molecule has 162 valence electrons. The summed E-state index contributed by atoms with van der Waals surface area (Å²) in [5.41, 5.74) is 1.66. The van der Waals surface area contributed by atoms with E-state index in [1.807, 2.05) is 0 Å². The molecule has 6 rings (SSSR count). The van der Waals surface area contributed by atoms with Crippen molar-refractivity contribution < 1.29 is 13.6 Å². The van der Waals surface area contributed by atoms with Gasteiger partial charge in [-0.1, -0.05) is 17.7 Å². The minimum absolute atomic E-state index is 0.0236. The van der Waals surface area contributed by atoms with E-state index in [0.717, 1.165) is 13.0 Å². The van der Waals surface area contributed by atoms with Crippen molar-refractivity contribution in [1.29, 1.82) is 0 Å². The van der Waals surface area contributed by atoms with E-state index in [4.69, 9.17) is 16.0 Å². The molecule has 1 amide bonds. The number of carbonyl (C=O) groups is 1. The molecule has 0 saturated carbocycles. The molecule has 2 aromatic heterocycles. The van der Waals surface area contributed by atoms with Crippen LogP contribution in [0.3, 0.4) is 0 Å². The molecule has 0 N–H and O–H groups in total. The molecule has 32 heavy (non-hydrogen) atoms. The molecule has 0 radical (unpaired) electrons. The van der Waals surface area contributed by atoms with E-state index in [0.29, 0.717) is 46.8 Å². The van der Waals surface area contributed by atoms with Gasteiger partial charge in [-0.05, 0) is 36.8 Å². The number of hydrogen-bond acceptors (Lipinski definition) is 6. The van der Waals surface area contributed by atoms with E-state index >= 15 is 0 Å². The highest BCUT2D eigenvalue weighted by Gasteiger charge is 2.46. The number of halogens is 2. The first kappa shape index (κ1) is 19.2. The van der Waals surface area contributed by atoms with E-state index in [2.05, 4.69) is 20.1 Å². The highest BCUT2D eigenvalue weighted by Crippen LogP contribution is 2.38. The number of piperidine rings is 1. The first-order valence-electron chi connectivity index (χ1n) is 10.4. The summed E-state index contributed by atoms with van der Waals surface area (Å²) < 4.78 is 20.7. The van der Waals surface area contributed by atoms with Gasteiger partial charge in [0.15, 0.2) is 5.58 Å². The molecule has 2 aliphatic heterocycles. The molecule has 4 aromatic rings. The van der Waals surface area contributed by atoms with Gasteiger partial charge in [-0.2, -0.15) is 20.0 Å². The maximum atomic E-state index is 14.8. The predicted octanol–water partition coefficient (Wildman–Crippen LogP) is 3.55. The van der Waals surface area contributed by atoms with E-state index in [-0.39, 0.29) is 17.5 Å². The van der Waals surface area contributed by atoms with Crippen molar-refractivity contribution in [2.24, 2.45) is 5.92 Å². The highest BCUT2D eigenvalue weighted by molar-refractivity contribution is 6.31. The number of fused-ring (bicyclic) bond motifs is 2. The third-order valence-corrected chi connectivity index (χ3v) is 6.50. The normalized spacial score (nSPS) is 20.3. The zero-order valence-corrected chi connectivity index (χ0v) is 17.6. The lowest BCUT2D eigenvalue weighted by molar-refractivity contribution is 0.0578. The average Bonchev–Trinajstić information content (AvgIpc) is 3.43. The molecule has 2 unspecified atom stereocenters. The predicted molar refractivity (Wildman–Crippen MR) is 115 cm³/mol. The van der Waals surface area contributed by atoms with Crippen molar-refractivity contribution >= 4 is 34.6 Å². The summed E-state index contributed by atoms with van der Waals surface area (Å²) in [7, 11) is 0. The summed E-state index contributed by atoms with van der Waals surface area (Å²) in [6.07, 6.45) is 3.82. The number of nitrogens with zero attached hydrogens (tertiary/aromatic N) is 6. The second kappa shape index (κ2) is 7.30. The first-order valence-corrected chi connectivity index (χ1v) is 10.7. The Morgan fingerprint density at radius 2 is 2.00 bits per heavy atom. The van der Waals surface area contributed by atoms with Gasteiger partial charge < -0.3 is 14.2 Å². The minimum atomic E-state index is -0.590. The molecule has 8 nitrogen and oxygen atoms in total. The number of carbonyl (C=O) groups excluding carboxylic acids is 1. The maximum Gasteiger partial charge on any atom is 0.298 e. The fourth-order valence-electron chi connectivity index (χ4n) is 4.60. The summed E-state index contributed by atoms with van der Waals surface area (Å²) in [6.45, 7) is 1.84. The van der Waals surface area contributed by atoms with Crippen molar-refractivity contribution in [3.63, 3.8) is 0 Å². The number of benzene rings is 2. The Hall–Kier alpha value is -3.46. The van der Waals surface area contributed by atoms with Crippen molar-refractivity contribution in [2.75, 3.05) is 24.5 Å². The van der Waals surface area contributed by atoms with Gasteiger partial charge in [0.25, 0.3) is 11.9 Å². The van der Waals surface area contributed by atoms with Crippen LogP contribution >= 0.6 is 11.6 Å². The summed E-state index contributed by atoms with van der Waals surface area (Å²) in [5.74, 6) is -0.524. The van der Waals surface area contributed by atoms with Gasteiger partial charge in [0.05, 0.1) is 18.4 Å². The molecule has 2 saturated heterocycles. The van der Waals surface area contributed by atoms with Crippen LogP contribution in [0.15, 0.2) is 53.2 Å². The second-order valence-electron chi connectivity index (χ2n) is 8.08. The number of aromatic nitrogens is 4. The number of hydrogen-bond donors (Lipinski definition) is 0. The van der Waals surface area contributed by atoms with Crippen LogP contribution in [0.25, 0.3) is 16.8 Å². The summed E-state index contributed by atoms with van der Waals surface area (Å²) in [6, 6.07) is 10.4. The quantitative estimate of drug-likeness (QED) is 0.473. The molecular weight excluding hydrogens is 435 g/mol. The maximum absolute atomic E-state index is 14.8. The lowest BCUT2D eigenvalue weighted by Crippen LogP contribution is -2.65. The van der Waals surface area contributed by atoms with E-state index in [1.54, 1.807) is 35.2 Å². The molecule has 2 aromatic carbocycles. The zero-order valence-electron chi connectivity index (χ0n) is 16.9. The SMILES string of the molecule is O=C(c1c(F)cccc1-n1nccn1)N1CCC2CN(c3nc4cc(Cl)ccc4o3)C2C1. The number of anilines is 1. The molecule has 2 fully saturated rings. The van der Waals surface area contributed by atoms with Crippen LogP contribution in [0.1, 0.15) is 16.8 Å². The van der Waals surface area contributed by atoms with Crippen LogP contribution in [0.5, 0.6) is 0 Å². The Morgan fingerprint density at radius 1 is 1.16 bits per heavy atom. The van der Waals surface area contributed by atoms with Crippen molar-refractivity contribution in [1.82, 2.24) is 24.9 Å². The average molecular weight is 453 g/mol. The highest BCUT2D eigenvalue weighted by atomic mass is 35.5. The van der Waals surface area contributed by atoms with Crippen LogP contribution in [-0.2, 0) is 0 Å². The molecule has 2 atom stereocenters. The zero-order chi connectivity index (χ0) is 21.8. The van der Waals surface area contributed by atoms with Gasteiger partial charge in [0.1, 0.15) is 22.6 Å². The Labute approximate surface area is 187 Å². The van der Waals surface area contributed by atoms with Crippen molar-refractivity contribution in [3.05, 3.63) is 65.2 Å². The topological polar surface area (TPSA) is 80.3 Å². The van der Waals surface area contributed by atoms with Gasteiger partial charge >= 0.3 is 0 Å². The number of likely N-dealkylation sites (tertiary alicyclic amines) is 1. The van der Waals surface area contributed by atoms with Gasteiger partial charge in [0.2, 0.25) is 0 Å². The van der Waals surface area contributed by atoms with Gasteiger partial charge in [0, 0.05) is 30.6 Å². The van der Waals surface area contributed by atoms with Gasteiger partial charge in [-0.3, -0.25) is 4.79 Å². The van der Waals surface area contributed by atoms with E-state index < -0.39 is 5.82 Å². The van der Waals surface area contributed by atoms with E-state index in [1.165, 1.54) is 23.3 Å². The monoisotopic (exact) mass is 452 g/mol. The van der Waals surface area contributed by atoms with Crippen LogP contribution in [0, 0.1) is 11.7 Å². The standard InChI is InChI=1S/C22H18ClFN6O2/c23-14-4-5-19-16(10-14)27-22(32-19)29-11-13-6-9-28(12-18(13)29)21(31)20-15(24)2-1-3-17(20)30-25-7-8-26-30/h1-5,7-8,10,13,18H,6,9,11-12H2. The molecule has 0 bridgehead atoms. The molecular formula is C22H18ClFN6O2.